The second kappa shape index (κ2) is 6.37. The topological polar surface area (TPSA) is 45.3 Å². The number of likely N-dealkylation sites (tertiary alicyclic amines) is 1. The molecule has 1 aliphatic rings. The van der Waals surface area contributed by atoms with Crippen molar-refractivity contribution in [2.45, 2.75) is 26.0 Å². The van der Waals surface area contributed by atoms with Crippen LogP contribution in [-0.2, 0) is 6.61 Å². The Bertz CT molecular complexity index is 914. The first-order valence-corrected chi connectivity index (χ1v) is 8.67. The Morgan fingerprint density at radius 3 is 2.72 bits per heavy atom. The minimum absolute atomic E-state index is 0.0125. The van der Waals surface area contributed by atoms with E-state index in [9.17, 15) is 4.79 Å². The van der Waals surface area contributed by atoms with Gasteiger partial charge in [-0.05, 0) is 37.6 Å². The molecule has 2 heterocycles. The molecule has 25 heavy (non-hydrogen) atoms. The number of aryl methyl sites for hydroxylation is 1. The number of Topliss-reactive ketones (excluding diaryl/α,β-unsaturated/α-hetero) is 1. The maximum Gasteiger partial charge on any atom is 0.182 e. The molecule has 1 N–H and O–H groups in total. The van der Waals surface area contributed by atoms with Crippen LogP contribution in [0, 0.1) is 6.92 Å². The SMILES string of the molecule is Cc1ccc(OCc2ccccc2)c2c(C(=O)[C@@H]3CCN3C)c[nH]c12. The summed E-state index contributed by atoms with van der Waals surface area (Å²) >= 11 is 0. The van der Waals surface area contributed by atoms with E-state index >= 15 is 0 Å². The van der Waals surface area contributed by atoms with E-state index in [0.717, 1.165) is 46.3 Å². The van der Waals surface area contributed by atoms with Gasteiger partial charge in [0.2, 0.25) is 0 Å². The van der Waals surface area contributed by atoms with Crippen molar-refractivity contribution in [2.24, 2.45) is 0 Å². The van der Waals surface area contributed by atoms with Gasteiger partial charge in [0.05, 0.1) is 16.9 Å². The van der Waals surface area contributed by atoms with Crippen molar-refractivity contribution in [3.8, 4) is 5.75 Å². The van der Waals surface area contributed by atoms with Gasteiger partial charge in [0.1, 0.15) is 12.4 Å². The number of ketones is 1. The molecule has 4 rings (SSSR count). The molecule has 1 saturated heterocycles. The summed E-state index contributed by atoms with van der Waals surface area (Å²) < 4.78 is 6.08. The van der Waals surface area contributed by atoms with Crippen molar-refractivity contribution in [2.75, 3.05) is 13.6 Å². The average Bonchev–Trinajstić information content (AvgIpc) is 3.07. The Labute approximate surface area is 147 Å². The number of rotatable bonds is 5. The number of carbonyl (C=O) groups excluding carboxylic acids is 1. The number of H-pyrrole nitrogens is 1. The fraction of sp³-hybridized carbons (Fsp3) is 0.286. The van der Waals surface area contributed by atoms with Gasteiger partial charge in [-0.2, -0.15) is 0 Å². The van der Waals surface area contributed by atoms with E-state index < -0.39 is 0 Å². The Kier molecular flexibility index (Phi) is 4.06. The van der Waals surface area contributed by atoms with E-state index in [4.69, 9.17) is 4.74 Å². The van der Waals surface area contributed by atoms with Gasteiger partial charge in [-0.15, -0.1) is 0 Å². The molecule has 128 valence electrons. The molecular formula is C21H22N2O2. The van der Waals surface area contributed by atoms with E-state index in [1.807, 2.05) is 62.6 Å². The standard InChI is InChI=1S/C21H22N2O2/c1-14-8-9-18(25-13-15-6-4-3-5-7-15)19-16(12-22-20(14)19)21(24)17-10-11-23(17)2/h3-9,12,17,22H,10-11,13H2,1-2H3/t17-/m0/s1. The molecule has 0 amide bonds. The Balaban J connectivity index is 1.70. The van der Waals surface area contributed by atoms with Crippen LogP contribution in [0.2, 0.25) is 0 Å². The van der Waals surface area contributed by atoms with Crippen molar-refractivity contribution in [3.63, 3.8) is 0 Å². The number of nitrogens with one attached hydrogen (secondary N) is 1. The lowest BCUT2D eigenvalue weighted by Crippen LogP contribution is -2.49. The van der Waals surface area contributed by atoms with E-state index in [2.05, 4.69) is 9.88 Å². The maximum atomic E-state index is 12.9. The molecule has 1 fully saturated rings. The third-order valence-corrected chi connectivity index (χ3v) is 5.10. The highest BCUT2D eigenvalue weighted by Gasteiger charge is 2.33. The predicted octanol–water partition coefficient (Wildman–Crippen LogP) is 3.94. The second-order valence-corrected chi connectivity index (χ2v) is 6.76. The largest absolute Gasteiger partial charge is 0.488 e. The molecule has 1 atom stereocenters. The molecule has 4 nitrogen and oxygen atoms in total. The zero-order valence-corrected chi connectivity index (χ0v) is 14.6. The van der Waals surface area contributed by atoms with Crippen molar-refractivity contribution >= 4 is 16.7 Å². The van der Waals surface area contributed by atoms with Crippen LogP contribution >= 0.6 is 0 Å². The van der Waals surface area contributed by atoms with Crippen LogP contribution in [0.5, 0.6) is 5.75 Å². The summed E-state index contributed by atoms with van der Waals surface area (Å²) in [5.74, 6) is 0.936. The lowest BCUT2D eigenvalue weighted by molar-refractivity contribution is 0.0676. The Morgan fingerprint density at radius 1 is 1.24 bits per heavy atom. The number of fused-ring (bicyclic) bond motifs is 1. The minimum atomic E-state index is -0.0125. The fourth-order valence-electron chi connectivity index (χ4n) is 3.43. The van der Waals surface area contributed by atoms with Gasteiger partial charge in [0.15, 0.2) is 5.78 Å². The Morgan fingerprint density at radius 2 is 2.04 bits per heavy atom. The molecule has 0 radical (unpaired) electrons. The number of likely N-dealkylation sites (N-methyl/N-ethyl adjacent to an activating group) is 1. The number of carbonyl (C=O) groups is 1. The number of benzene rings is 2. The van der Waals surface area contributed by atoms with Gasteiger partial charge >= 0.3 is 0 Å². The van der Waals surface area contributed by atoms with E-state index in [-0.39, 0.29) is 11.8 Å². The number of ether oxygens (including phenoxy) is 1. The summed E-state index contributed by atoms with van der Waals surface area (Å²) in [6.45, 7) is 3.51. The number of hydrogen-bond donors (Lipinski definition) is 1. The number of hydrogen-bond acceptors (Lipinski definition) is 3. The van der Waals surface area contributed by atoms with Gasteiger partial charge in [-0.3, -0.25) is 9.69 Å². The predicted molar refractivity (Wildman–Crippen MR) is 99.2 cm³/mol. The molecule has 1 aliphatic heterocycles. The molecule has 0 unspecified atom stereocenters. The van der Waals surface area contributed by atoms with E-state index in [1.165, 1.54) is 0 Å². The highest BCUT2D eigenvalue weighted by atomic mass is 16.5. The van der Waals surface area contributed by atoms with Crippen molar-refractivity contribution in [1.82, 2.24) is 9.88 Å². The Hall–Kier alpha value is -2.59. The van der Waals surface area contributed by atoms with Crippen LogP contribution in [0.1, 0.15) is 27.9 Å². The molecule has 1 aromatic heterocycles. The molecule has 0 aliphatic carbocycles. The van der Waals surface area contributed by atoms with E-state index in [1.54, 1.807) is 0 Å². The van der Waals surface area contributed by atoms with Gasteiger partial charge in [0.25, 0.3) is 0 Å². The van der Waals surface area contributed by atoms with Crippen LogP contribution in [-0.4, -0.2) is 35.3 Å². The van der Waals surface area contributed by atoms with Crippen LogP contribution in [0.4, 0.5) is 0 Å². The molecule has 4 heteroatoms. The van der Waals surface area contributed by atoms with Gasteiger partial charge in [0, 0.05) is 18.3 Å². The molecule has 0 saturated carbocycles. The molecule has 0 spiro atoms. The zero-order chi connectivity index (χ0) is 17.4. The molecule has 3 aromatic rings. The number of nitrogens with zero attached hydrogens (tertiary/aromatic N) is 1. The van der Waals surface area contributed by atoms with Gasteiger partial charge < -0.3 is 9.72 Å². The summed E-state index contributed by atoms with van der Waals surface area (Å²) in [6, 6.07) is 14.1. The molecule has 2 aromatic carbocycles. The van der Waals surface area contributed by atoms with Crippen LogP contribution < -0.4 is 4.74 Å². The highest BCUT2D eigenvalue weighted by Crippen LogP contribution is 2.34. The number of aromatic amines is 1. The minimum Gasteiger partial charge on any atom is -0.488 e. The van der Waals surface area contributed by atoms with Crippen molar-refractivity contribution < 1.29 is 9.53 Å². The summed E-state index contributed by atoms with van der Waals surface area (Å²) in [4.78, 5) is 18.3. The molecular weight excluding hydrogens is 312 g/mol. The summed E-state index contributed by atoms with van der Waals surface area (Å²) in [5.41, 5.74) is 3.94. The lowest BCUT2D eigenvalue weighted by atomic mass is 9.94. The monoisotopic (exact) mass is 334 g/mol. The third kappa shape index (κ3) is 2.83. The van der Waals surface area contributed by atoms with Crippen LogP contribution in [0.3, 0.4) is 0 Å². The van der Waals surface area contributed by atoms with E-state index in [0.29, 0.717) is 6.61 Å². The first-order valence-electron chi connectivity index (χ1n) is 8.67. The van der Waals surface area contributed by atoms with Crippen LogP contribution in [0.25, 0.3) is 10.9 Å². The second-order valence-electron chi connectivity index (χ2n) is 6.76. The third-order valence-electron chi connectivity index (χ3n) is 5.10. The fourth-order valence-corrected chi connectivity index (χ4v) is 3.43. The lowest BCUT2D eigenvalue weighted by Gasteiger charge is -2.36. The maximum absolute atomic E-state index is 12.9. The first kappa shape index (κ1) is 15.9. The smallest absolute Gasteiger partial charge is 0.182 e. The summed E-state index contributed by atoms with van der Waals surface area (Å²) in [5, 5.41) is 0.904. The average molecular weight is 334 g/mol. The normalized spacial score (nSPS) is 17.4. The van der Waals surface area contributed by atoms with Gasteiger partial charge in [-0.25, -0.2) is 0 Å². The van der Waals surface area contributed by atoms with Crippen LogP contribution in [0.15, 0.2) is 48.7 Å². The van der Waals surface area contributed by atoms with Gasteiger partial charge in [-0.1, -0.05) is 36.4 Å². The first-order chi connectivity index (χ1) is 12.1. The zero-order valence-electron chi connectivity index (χ0n) is 14.6. The number of aromatic nitrogens is 1. The van der Waals surface area contributed by atoms with Crippen molar-refractivity contribution in [1.29, 1.82) is 0 Å². The quantitative estimate of drug-likeness (QED) is 0.719. The van der Waals surface area contributed by atoms with Crippen molar-refractivity contribution in [3.05, 3.63) is 65.4 Å². The summed E-state index contributed by atoms with van der Waals surface area (Å²) in [6.07, 6.45) is 2.76. The highest BCUT2D eigenvalue weighted by molar-refractivity contribution is 6.13. The summed E-state index contributed by atoms with van der Waals surface area (Å²) in [7, 11) is 2.00. The molecule has 0 bridgehead atoms.